The van der Waals surface area contributed by atoms with Gasteiger partial charge >= 0.3 is 11.6 Å². The average molecular weight is 429 g/mol. The van der Waals surface area contributed by atoms with Crippen LogP contribution in [0.5, 0.6) is 5.88 Å². The van der Waals surface area contributed by atoms with Crippen LogP contribution in [0.4, 0.5) is 11.4 Å². The topological polar surface area (TPSA) is 116 Å². The van der Waals surface area contributed by atoms with Crippen molar-refractivity contribution in [2.75, 3.05) is 12.4 Å². The molecule has 0 aliphatic carbocycles. The number of hydrogen-bond acceptors (Lipinski definition) is 6. The Hall–Kier alpha value is -3.72. The number of carbonyl (C=O) groups excluding carboxylic acids is 2. The van der Waals surface area contributed by atoms with Crippen LogP contribution in [-0.2, 0) is 4.79 Å². The van der Waals surface area contributed by atoms with Gasteiger partial charge in [0.05, 0.1) is 17.7 Å². The van der Waals surface area contributed by atoms with Gasteiger partial charge in [-0.15, -0.1) is 5.10 Å². The van der Waals surface area contributed by atoms with Crippen molar-refractivity contribution < 1.29 is 19.2 Å². The monoisotopic (exact) mass is 428 g/mol. The number of rotatable bonds is 7. The number of halogens is 1. The predicted molar refractivity (Wildman–Crippen MR) is 110 cm³/mol. The lowest BCUT2D eigenvalue weighted by Gasteiger charge is -2.15. The molecular formula is C20H17ClN4O5. The second kappa shape index (κ2) is 8.75. The van der Waals surface area contributed by atoms with E-state index < -0.39 is 16.9 Å². The third-order valence-corrected chi connectivity index (χ3v) is 4.60. The molecule has 9 nitrogen and oxygen atoms in total. The minimum atomic E-state index is -0.914. The molecule has 0 aliphatic heterocycles. The van der Waals surface area contributed by atoms with Gasteiger partial charge in [-0.05, 0) is 25.1 Å². The summed E-state index contributed by atoms with van der Waals surface area (Å²) in [6.07, 6.45) is 1.11. The van der Waals surface area contributed by atoms with Crippen molar-refractivity contribution in [1.29, 1.82) is 0 Å². The predicted octanol–water partition coefficient (Wildman–Crippen LogP) is 3.88. The lowest BCUT2D eigenvalue weighted by atomic mass is 10.0. The Kier molecular flexibility index (Phi) is 6.12. The second-order valence-electron chi connectivity index (χ2n) is 6.31. The molecule has 10 heteroatoms. The number of methoxy groups -OCH3 is 1. The number of aromatic nitrogens is 2. The number of nitro groups is 1. The zero-order chi connectivity index (χ0) is 21.8. The van der Waals surface area contributed by atoms with E-state index in [1.165, 1.54) is 26.2 Å². The lowest BCUT2D eigenvalue weighted by Crippen LogP contribution is -2.25. The number of amides is 1. The lowest BCUT2D eigenvalue weighted by molar-refractivity contribution is -0.385. The van der Waals surface area contributed by atoms with E-state index in [9.17, 15) is 19.7 Å². The molecular weight excluding hydrogens is 412 g/mol. The van der Waals surface area contributed by atoms with E-state index >= 15 is 0 Å². The molecule has 0 fully saturated rings. The van der Waals surface area contributed by atoms with E-state index in [1.807, 2.05) is 0 Å². The summed E-state index contributed by atoms with van der Waals surface area (Å²) in [5.41, 5.74) is 0.566. The van der Waals surface area contributed by atoms with Gasteiger partial charge in [-0.3, -0.25) is 19.7 Å². The van der Waals surface area contributed by atoms with Crippen LogP contribution in [0.3, 0.4) is 0 Å². The molecule has 0 radical (unpaired) electrons. The molecule has 0 saturated carbocycles. The van der Waals surface area contributed by atoms with E-state index in [0.717, 1.165) is 10.9 Å². The van der Waals surface area contributed by atoms with Crippen LogP contribution in [0.15, 0.2) is 54.7 Å². The van der Waals surface area contributed by atoms with Crippen molar-refractivity contribution in [2.24, 2.45) is 0 Å². The molecule has 1 aromatic heterocycles. The number of nitrogens with one attached hydrogen (secondary N) is 1. The van der Waals surface area contributed by atoms with E-state index in [4.69, 9.17) is 16.3 Å². The third-order valence-electron chi connectivity index (χ3n) is 4.37. The first kappa shape index (κ1) is 21.0. The van der Waals surface area contributed by atoms with Crippen LogP contribution in [0, 0.1) is 10.1 Å². The fourth-order valence-electron chi connectivity index (χ4n) is 2.75. The molecule has 1 N–H and O–H groups in total. The van der Waals surface area contributed by atoms with Crippen molar-refractivity contribution in [3.8, 4) is 5.88 Å². The summed E-state index contributed by atoms with van der Waals surface area (Å²) in [6, 6.07) is 12.2. The maximum Gasteiger partial charge on any atom is 0.350 e. The highest BCUT2D eigenvalue weighted by atomic mass is 35.5. The molecule has 154 valence electrons. The largest absolute Gasteiger partial charge is 0.475 e. The molecule has 0 aliphatic rings. The molecule has 30 heavy (non-hydrogen) atoms. The molecule has 1 heterocycles. The zero-order valence-electron chi connectivity index (χ0n) is 16.0. The van der Waals surface area contributed by atoms with Gasteiger partial charge in [0, 0.05) is 16.1 Å². The highest BCUT2D eigenvalue weighted by Crippen LogP contribution is 2.28. The van der Waals surface area contributed by atoms with Gasteiger partial charge in [-0.2, -0.15) is 0 Å². The molecule has 1 atom stereocenters. The van der Waals surface area contributed by atoms with Crippen molar-refractivity contribution in [2.45, 2.75) is 13.0 Å². The van der Waals surface area contributed by atoms with Crippen molar-refractivity contribution >= 4 is 34.7 Å². The summed E-state index contributed by atoms with van der Waals surface area (Å²) < 4.78 is 6.01. The third kappa shape index (κ3) is 4.31. The number of ether oxygens (including phenoxy) is 1. The number of nitrogens with zero attached hydrogens (tertiary/aromatic N) is 3. The minimum Gasteiger partial charge on any atom is -0.475 e. The average Bonchev–Trinajstić information content (AvgIpc) is 3.19. The molecule has 0 saturated heterocycles. The smallest absolute Gasteiger partial charge is 0.350 e. The molecule has 3 rings (SSSR count). The summed E-state index contributed by atoms with van der Waals surface area (Å²) in [6.45, 7) is 1.51. The van der Waals surface area contributed by atoms with Gasteiger partial charge in [-0.1, -0.05) is 41.9 Å². The number of hydrogen-bond donors (Lipinski definition) is 1. The molecule has 0 spiro atoms. The van der Waals surface area contributed by atoms with Crippen LogP contribution >= 0.6 is 11.6 Å². The number of anilines is 1. The first-order valence-corrected chi connectivity index (χ1v) is 9.17. The highest BCUT2D eigenvalue weighted by Gasteiger charge is 2.26. The maximum absolute atomic E-state index is 12.9. The normalized spacial score (nSPS) is 11.6. The summed E-state index contributed by atoms with van der Waals surface area (Å²) in [5, 5.41) is 18.0. The van der Waals surface area contributed by atoms with Crippen LogP contribution in [0.2, 0.25) is 5.02 Å². The highest BCUT2D eigenvalue weighted by molar-refractivity contribution is 6.31. The fraction of sp³-hybridized carbons (Fsp3) is 0.150. The van der Waals surface area contributed by atoms with E-state index in [-0.39, 0.29) is 28.6 Å². The van der Waals surface area contributed by atoms with Gasteiger partial charge in [0.2, 0.25) is 5.91 Å². The van der Waals surface area contributed by atoms with Gasteiger partial charge in [0.1, 0.15) is 12.2 Å². The fourth-order valence-corrected chi connectivity index (χ4v) is 2.92. The maximum atomic E-state index is 12.9. The summed E-state index contributed by atoms with van der Waals surface area (Å²) >= 11 is 6.05. The second-order valence-corrected chi connectivity index (χ2v) is 6.75. The SMILES string of the molecule is COc1nn(C(C)C(=O)Nc2ccc(Cl)cc2C(=O)c2ccccc2)cc1[N+](=O)[O-]. The Morgan fingerprint density at radius 1 is 1.23 bits per heavy atom. The van der Waals surface area contributed by atoms with Crippen molar-refractivity contribution in [1.82, 2.24) is 9.78 Å². The van der Waals surface area contributed by atoms with Gasteiger partial charge in [0.25, 0.3) is 0 Å². The summed E-state index contributed by atoms with van der Waals surface area (Å²) in [4.78, 5) is 36.1. The number of benzene rings is 2. The molecule has 3 aromatic rings. The van der Waals surface area contributed by atoms with Crippen LogP contribution in [0.1, 0.15) is 28.9 Å². The van der Waals surface area contributed by atoms with Crippen LogP contribution < -0.4 is 10.1 Å². The van der Waals surface area contributed by atoms with Crippen LogP contribution in [0.25, 0.3) is 0 Å². The van der Waals surface area contributed by atoms with Crippen molar-refractivity contribution in [3.05, 3.63) is 81.0 Å². The van der Waals surface area contributed by atoms with Gasteiger partial charge < -0.3 is 10.1 Å². The first-order chi connectivity index (χ1) is 14.3. The minimum absolute atomic E-state index is 0.203. The summed E-state index contributed by atoms with van der Waals surface area (Å²) in [7, 11) is 1.25. The Bertz CT molecular complexity index is 1110. The van der Waals surface area contributed by atoms with Gasteiger partial charge in [0.15, 0.2) is 5.78 Å². The first-order valence-electron chi connectivity index (χ1n) is 8.79. The Balaban J connectivity index is 1.88. The molecule has 1 unspecified atom stereocenters. The van der Waals surface area contributed by atoms with E-state index in [0.29, 0.717) is 10.6 Å². The molecule has 2 aromatic carbocycles. The number of ketones is 1. The Labute approximate surface area is 176 Å². The molecule has 1 amide bonds. The van der Waals surface area contributed by atoms with E-state index in [1.54, 1.807) is 36.4 Å². The van der Waals surface area contributed by atoms with Crippen molar-refractivity contribution in [3.63, 3.8) is 0 Å². The Morgan fingerprint density at radius 3 is 2.53 bits per heavy atom. The Morgan fingerprint density at radius 2 is 1.93 bits per heavy atom. The standard InChI is InChI=1S/C20H17ClN4O5/c1-12(24-11-17(25(28)29)20(23-24)30-2)19(27)22-16-9-8-14(21)10-15(16)18(26)13-6-4-3-5-7-13/h3-12H,1-2H3,(H,22,27). The number of carbonyl (C=O) groups is 2. The summed E-state index contributed by atoms with van der Waals surface area (Å²) in [5.74, 6) is -1.04. The quantitative estimate of drug-likeness (QED) is 0.346. The van der Waals surface area contributed by atoms with E-state index in [2.05, 4.69) is 10.4 Å². The molecule has 0 bridgehead atoms. The zero-order valence-corrected chi connectivity index (χ0v) is 16.8. The van der Waals surface area contributed by atoms with Crippen LogP contribution in [-0.4, -0.2) is 33.5 Å². The van der Waals surface area contributed by atoms with Gasteiger partial charge in [-0.25, -0.2) is 4.68 Å².